The second kappa shape index (κ2) is 8.67. The lowest BCUT2D eigenvalue weighted by molar-refractivity contribution is 0.0679. The van der Waals surface area contributed by atoms with E-state index in [1.807, 2.05) is 35.0 Å². The topological polar surface area (TPSA) is 78.3 Å². The van der Waals surface area contributed by atoms with Gasteiger partial charge in [0.2, 0.25) is 0 Å². The molecule has 1 fully saturated rings. The molecular formula is C21H22N4O3. The Labute approximate surface area is 163 Å². The minimum absolute atomic E-state index is 0.148. The molecule has 7 heteroatoms. The van der Waals surface area contributed by atoms with E-state index in [2.05, 4.69) is 15.3 Å². The third-order valence-electron chi connectivity index (χ3n) is 4.59. The molecule has 0 saturated carbocycles. The number of imidazole rings is 1. The highest BCUT2D eigenvalue weighted by Gasteiger charge is 2.16. The Bertz CT molecular complexity index is 904. The third kappa shape index (κ3) is 4.55. The lowest BCUT2D eigenvalue weighted by Crippen LogP contribution is -2.23. The SMILES string of the molecule is O=C(NCc1ccc(-n2ccnc2)nc1)c1cccc(OCC2CCCO2)c1. The van der Waals surface area contributed by atoms with Gasteiger partial charge in [0, 0.05) is 37.3 Å². The molecule has 0 bridgehead atoms. The molecule has 0 spiro atoms. The minimum Gasteiger partial charge on any atom is -0.491 e. The minimum atomic E-state index is -0.152. The van der Waals surface area contributed by atoms with Crippen LogP contribution in [0, 0.1) is 0 Å². The highest BCUT2D eigenvalue weighted by atomic mass is 16.5. The van der Waals surface area contributed by atoms with E-state index < -0.39 is 0 Å². The summed E-state index contributed by atoms with van der Waals surface area (Å²) in [7, 11) is 0. The summed E-state index contributed by atoms with van der Waals surface area (Å²) >= 11 is 0. The molecule has 3 heterocycles. The van der Waals surface area contributed by atoms with Crippen LogP contribution >= 0.6 is 0 Å². The van der Waals surface area contributed by atoms with E-state index in [0.29, 0.717) is 24.5 Å². The van der Waals surface area contributed by atoms with E-state index in [4.69, 9.17) is 9.47 Å². The zero-order chi connectivity index (χ0) is 19.2. The Hall–Kier alpha value is -3.19. The number of hydrogen-bond acceptors (Lipinski definition) is 5. The average Bonchev–Trinajstić information content (AvgIpc) is 3.45. The van der Waals surface area contributed by atoms with Crippen molar-refractivity contribution in [3.63, 3.8) is 0 Å². The van der Waals surface area contributed by atoms with Crippen LogP contribution in [0.3, 0.4) is 0 Å². The fourth-order valence-corrected chi connectivity index (χ4v) is 3.05. The Kier molecular flexibility index (Phi) is 5.63. The maximum absolute atomic E-state index is 12.5. The molecule has 1 amide bonds. The van der Waals surface area contributed by atoms with Crippen molar-refractivity contribution in [1.82, 2.24) is 19.9 Å². The largest absolute Gasteiger partial charge is 0.491 e. The summed E-state index contributed by atoms with van der Waals surface area (Å²) in [6.45, 7) is 1.71. The van der Waals surface area contributed by atoms with Crippen LogP contribution in [-0.4, -0.2) is 39.8 Å². The molecular weight excluding hydrogens is 356 g/mol. The van der Waals surface area contributed by atoms with E-state index >= 15 is 0 Å². The number of ether oxygens (including phenoxy) is 2. The Balaban J connectivity index is 1.31. The first-order valence-corrected chi connectivity index (χ1v) is 9.34. The number of amides is 1. The number of benzene rings is 1. The van der Waals surface area contributed by atoms with Gasteiger partial charge in [0.15, 0.2) is 0 Å². The van der Waals surface area contributed by atoms with Gasteiger partial charge in [-0.3, -0.25) is 9.36 Å². The van der Waals surface area contributed by atoms with E-state index in [1.54, 1.807) is 30.9 Å². The van der Waals surface area contributed by atoms with Crippen LogP contribution in [0.5, 0.6) is 5.75 Å². The van der Waals surface area contributed by atoms with Crippen LogP contribution in [0.4, 0.5) is 0 Å². The molecule has 28 heavy (non-hydrogen) atoms. The standard InChI is InChI=1S/C21H22N4O3/c26-21(17-3-1-4-18(11-17)28-14-19-5-2-10-27-19)24-13-16-6-7-20(23-12-16)25-9-8-22-15-25/h1,3-4,6-9,11-12,15,19H,2,5,10,13-14H2,(H,24,26). The fourth-order valence-electron chi connectivity index (χ4n) is 3.05. The highest BCUT2D eigenvalue weighted by molar-refractivity contribution is 5.94. The summed E-state index contributed by atoms with van der Waals surface area (Å²) in [5.41, 5.74) is 1.48. The van der Waals surface area contributed by atoms with Crippen LogP contribution in [0.1, 0.15) is 28.8 Å². The van der Waals surface area contributed by atoms with Gasteiger partial charge in [0.25, 0.3) is 5.91 Å². The molecule has 1 aromatic carbocycles. The monoisotopic (exact) mass is 378 g/mol. The molecule has 1 aliphatic rings. The normalized spacial score (nSPS) is 16.1. The van der Waals surface area contributed by atoms with Crippen molar-refractivity contribution in [3.8, 4) is 11.6 Å². The number of nitrogens with zero attached hydrogens (tertiary/aromatic N) is 3. The van der Waals surface area contributed by atoms with Gasteiger partial charge in [-0.15, -0.1) is 0 Å². The van der Waals surface area contributed by atoms with Crippen molar-refractivity contribution in [2.24, 2.45) is 0 Å². The predicted octanol–water partition coefficient (Wildman–Crippen LogP) is 2.76. The summed E-state index contributed by atoms with van der Waals surface area (Å²) in [6.07, 6.45) is 9.22. The second-order valence-corrected chi connectivity index (χ2v) is 6.65. The smallest absolute Gasteiger partial charge is 0.251 e. The van der Waals surface area contributed by atoms with Crippen LogP contribution in [0.2, 0.25) is 0 Å². The number of hydrogen-bond donors (Lipinski definition) is 1. The molecule has 2 aromatic heterocycles. The van der Waals surface area contributed by atoms with Crippen molar-refractivity contribution in [3.05, 3.63) is 72.4 Å². The average molecular weight is 378 g/mol. The molecule has 3 aromatic rings. The van der Waals surface area contributed by atoms with Crippen molar-refractivity contribution < 1.29 is 14.3 Å². The fraction of sp³-hybridized carbons (Fsp3) is 0.286. The predicted molar refractivity (Wildman–Crippen MR) is 103 cm³/mol. The molecule has 0 radical (unpaired) electrons. The zero-order valence-corrected chi connectivity index (χ0v) is 15.5. The first-order valence-electron chi connectivity index (χ1n) is 9.34. The van der Waals surface area contributed by atoms with E-state index in [9.17, 15) is 4.79 Å². The van der Waals surface area contributed by atoms with Crippen LogP contribution in [-0.2, 0) is 11.3 Å². The zero-order valence-electron chi connectivity index (χ0n) is 15.5. The number of rotatable bonds is 7. The van der Waals surface area contributed by atoms with Crippen LogP contribution in [0.25, 0.3) is 5.82 Å². The first kappa shape index (κ1) is 18.2. The molecule has 144 valence electrons. The maximum atomic E-state index is 12.5. The van der Waals surface area contributed by atoms with E-state index in [1.165, 1.54) is 0 Å². The van der Waals surface area contributed by atoms with Gasteiger partial charge in [0.1, 0.15) is 24.5 Å². The molecule has 1 atom stereocenters. The number of carbonyl (C=O) groups excluding carboxylic acids is 1. The summed E-state index contributed by atoms with van der Waals surface area (Å²) < 4.78 is 13.2. The molecule has 1 N–H and O–H groups in total. The van der Waals surface area contributed by atoms with Gasteiger partial charge in [-0.25, -0.2) is 9.97 Å². The van der Waals surface area contributed by atoms with Crippen LogP contribution < -0.4 is 10.1 Å². The first-order chi connectivity index (χ1) is 13.8. The summed E-state index contributed by atoms with van der Waals surface area (Å²) in [4.78, 5) is 20.9. The maximum Gasteiger partial charge on any atom is 0.251 e. The third-order valence-corrected chi connectivity index (χ3v) is 4.59. The van der Waals surface area contributed by atoms with Gasteiger partial charge >= 0.3 is 0 Å². The molecule has 4 rings (SSSR count). The quantitative estimate of drug-likeness (QED) is 0.684. The van der Waals surface area contributed by atoms with E-state index in [-0.39, 0.29) is 12.0 Å². The molecule has 0 aliphatic carbocycles. The Morgan fingerprint density at radius 3 is 3.04 bits per heavy atom. The van der Waals surface area contributed by atoms with Crippen molar-refractivity contribution in [1.29, 1.82) is 0 Å². The van der Waals surface area contributed by atoms with Gasteiger partial charge in [-0.2, -0.15) is 0 Å². The summed E-state index contributed by atoms with van der Waals surface area (Å²) in [6, 6.07) is 11.0. The summed E-state index contributed by atoms with van der Waals surface area (Å²) in [5.74, 6) is 1.31. The number of pyridine rings is 1. The molecule has 1 aliphatic heterocycles. The molecule has 1 saturated heterocycles. The van der Waals surface area contributed by atoms with Crippen molar-refractivity contribution in [2.75, 3.05) is 13.2 Å². The number of nitrogens with one attached hydrogen (secondary N) is 1. The van der Waals surface area contributed by atoms with Gasteiger partial charge in [0.05, 0.1) is 6.10 Å². The Morgan fingerprint density at radius 1 is 1.32 bits per heavy atom. The van der Waals surface area contributed by atoms with Gasteiger partial charge in [-0.05, 0) is 42.7 Å². The number of carbonyl (C=O) groups is 1. The molecule has 7 nitrogen and oxygen atoms in total. The van der Waals surface area contributed by atoms with Gasteiger partial charge < -0.3 is 14.8 Å². The van der Waals surface area contributed by atoms with Crippen molar-refractivity contribution >= 4 is 5.91 Å². The Morgan fingerprint density at radius 2 is 2.29 bits per heavy atom. The lowest BCUT2D eigenvalue weighted by atomic mass is 10.2. The van der Waals surface area contributed by atoms with Gasteiger partial charge in [-0.1, -0.05) is 12.1 Å². The lowest BCUT2D eigenvalue weighted by Gasteiger charge is -2.12. The van der Waals surface area contributed by atoms with Crippen molar-refractivity contribution in [2.45, 2.75) is 25.5 Å². The molecule has 1 unspecified atom stereocenters. The number of aromatic nitrogens is 3. The second-order valence-electron chi connectivity index (χ2n) is 6.65. The summed E-state index contributed by atoms with van der Waals surface area (Å²) in [5, 5.41) is 2.92. The highest BCUT2D eigenvalue weighted by Crippen LogP contribution is 2.17. The van der Waals surface area contributed by atoms with E-state index in [0.717, 1.165) is 30.8 Å². The van der Waals surface area contributed by atoms with Crippen LogP contribution in [0.15, 0.2) is 61.3 Å².